The number of benzene rings is 3. The lowest BCUT2D eigenvalue weighted by Gasteiger charge is -2.09. The SMILES string of the molecule is CC(=CC(=O)Nc1cc(CO)ccc1C(=O)O)c1ccc2ccccc2c1. The van der Waals surface area contributed by atoms with Crippen molar-refractivity contribution in [2.45, 2.75) is 13.5 Å². The first-order chi connectivity index (χ1) is 13.0. The number of amides is 1. The van der Waals surface area contributed by atoms with Gasteiger partial charge < -0.3 is 15.5 Å². The molecule has 0 heterocycles. The summed E-state index contributed by atoms with van der Waals surface area (Å²) >= 11 is 0. The molecule has 0 aromatic heterocycles. The largest absolute Gasteiger partial charge is 0.478 e. The Hall–Kier alpha value is -3.44. The van der Waals surface area contributed by atoms with Crippen LogP contribution < -0.4 is 5.32 Å². The van der Waals surface area contributed by atoms with E-state index in [2.05, 4.69) is 5.32 Å². The molecule has 3 aromatic carbocycles. The summed E-state index contributed by atoms with van der Waals surface area (Å²) in [6.45, 7) is 1.58. The monoisotopic (exact) mass is 361 g/mol. The van der Waals surface area contributed by atoms with Crippen LogP contribution in [0.5, 0.6) is 0 Å². The quantitative estimate of drug-likeness (QED) is 0.598. The predicted molar refractivity (Wildman–Crippen MR) is 106 cm³/mol. The zero-order chi connectivity index (χ0) is 19.4. The number of fused-ring (bicyclic) bond motifs is 1. The van der Waals surface area contributed by atoms with Crippen molar-refractivity contribution >= 4 is 33.9 Å². The molecule has 1 amide bonds. The fourth-order valence-electron chi connectivity index (χ4n) is 2.86. The number of carbonyl (C=O) groups is 2. The van der Waals surface area contributed by atoms with Gasteiger partial charge >= 0.3 is 5.97 Å². The lowest BCUT2D eigenvalue weighted by molar-refractivity contribution is -0.111. The standard InChI is InChI=1S/C22H19NO4/c1-14(17-8-7-16-4-2-3-5-18(16)12-17)10-21(25)23-20-11-15(13-24)6-9-19(20)22(26)27/h2-12,24H,13H2,1H3,(H,23,25)(H,26,27). The number of hydrogen-bond donors (Lipinski definition) is 3. The Morgan fingerprint density at radius 2 is 1.74 bits per heavy atom. The minimum absolute atomic E-state index is 0.0303. The second-order valence-corrected chi connectivity index (χ2v) is 6.22. The van der Waals surface area contributed by atoms with Gasteiger partial charge in [0.1, 0.15) is 0 Å². The highest BCUT2D eigenvalue weighted by Crippen LogP contribution is 2.22. The van der Waals surface area contributed by atoms with Crippen molar-refractivity contribution < 1.29 is 19.8 Å². The van der Waals surface area contributed by atoms with Crippen LogP contribution in [-0.2, 0) is 11.4 Å². The molecule has 136 valence electrons. The number of aliphatic hydroxyl groups is 1. The molecule has 0 unspecified atom stereocenters. The van der Waals surface area contributed by atoms with Gasteiger partial charge in [0.05, 0.1) is 17.9 Å². The second kappa shape index (κ2) is 7.85. The van der Waals surface area contributed by atoms with Crippen molar-refractivity contribution in [3.8, 4) is 0 Å². The number of carbonyl (C=O) groups excluding carboxylic acids is 1. The van der Waals surface area contributed by atoms with Crippen molar-refractivity contribution in [3.63, 3.8) is 0 Å². The third kappa shape index (κ3) is 4.22. The van der Waals surface area contributed by atoms with Gasteiger partial charge in [-0.1, -0.05) is 42.5 Å². The summed E-state index contributed by atoms with van der Waals surface area (Å²) in [5, 5.41) is 23.3. The van der Waals surface area contributed by atoms with Crippen LogP contribution in [0.4, 0.5) is 5.69 Å². The van der Waals surface area contributed by atoms with E-state index in [4.69, 9.17) is 0 Å². The summed E-state index contributed by atoms with van der Waals surface area (Å²) in [6.07, 6.45) is 1.43. The average Bonchev–Trinajstić information content (AvgIpc) is 2.67. The number of carboxylic acid groups (broad SMARTS) is 1. The highest BCUT2D eigenvalue weighted by molar-refractivity contribution is 6.07. The number of rotatable bonds is 5. The van der Waals surface area contributed by atoms with E-state index < -0.39 is 11.9 Å². The van der Waals surface area contributed by atoms with Gasteiger partial charge in [-0.2, -0.15) is 0 Å². The number of hydrogen-bond acceptors (Lipinski definition) is 3. The molecule has 27 heavy (non-hydrogen) atoms. The molecule has 3 aromatic rings. The average molecular weight is 361 g/mol. The van der Waals surface area contributed by atoms with Gasteiger partial charge in [-0.25, -0.2) is 4.79 Å². The molecule has 0 atom stereocenters. The lowest BCUT2D eigenvalue weighted by atomic mass is 10.0. The highest BCUT2D eigenvalue weighted by atomic mass is 16.4. The van der Waals surface area contributed by atoms with E-state index in [-0.39, 0.29) is 17.9 Å². The lowest BCUT2D eigenvalue weighted by Crippen LogP contribution is -2.13. The van der Waals surface area contributed by atoms with E-state index >= 15 is 0 Å². The second-order valence-electron chi connectivity index (χ2n) is 6.22. The Labute approximate surface area is 156 Å². The molecule has 5 heteroatoms. The minimum atomic E-state index is -1.15. The molecule has 5 nitrogen and oxygen atoms in total. The van der Waals surface area contributed by atoms with Gasteiger partial charge in [0.2, 0.25) is 5.91 Å². The maximum absolute atomic E-state index is 12.4. The molecule has 0 saturated carbocycles. The molecule has 0 aliphatic carbocycles. The maximum atomic E-state index is 12.4. The summed E-state index contributed by atoms with van der Waals surface area (Å²) < 4.78 is 0. The Balaban J connectivity index is 1.86. The van der Waals surface area contributed by atoms with E-state index in [0.29, 0.717) is 5.56 Å². The normalized spacial score (nSPS) is 11.4. The Bertz CT molecular complexity index is 1050. The van der Waals surface area contributed by atoms with Crippen LogP contribution in [0, 0.1) is 0 Å². The van der Waals surface area contributed by atoms with Crippen LogP contribution in [0.2, 0.25) is 0 Å². The van der Waals surface area contributed by atoms with Crippen molar-refractivity contribution in [2.75, 3.05) is 5.32 Å². The summed E-state index contributed by atoms with van der Waals surface area (Å²) in [6, 6.07) is 18.2. The molecule has 0 radical (unpaired) electrons. The molecule has 0 saturated heterocycles. The smallest absolute Gasteiger partial charge is 0.337 e. The predicted octanol–water partition coefficient (Wildman–Crippen LogP) is 4.07. The van der Waals surface area contributed by atoms with E-state index in [1.807, 2.05) is 49.4 Å². The van der Waals surface area contributed by atoms with Crippen molar-refractivity contribution in [1.29, 1.82) is 0 Å². The van der Waals surface area contributed by atoms with Crippen LogP contribution in [0.1, 0.15) is 28.4 Å². The molecule has 0 fully saturated rings. The van der Waals surface area contributed by atoms with Crippen molar-refractivity contribution in [2.24, 2.45) is 0 Å². The van der Waals surface area contributed by atoms with Crippen LogP contribution in [-0.4, -0.2) is 22.1 Å². The molecule has 3 rings (SSSR count). The number of aromatic carboxylic acids is 1. The molecule has 0 aliphatic rings. The third-order valence-corrected chi connectivity index (χ3v) is 4.31. The maximum Gasteiger partial charge on any atom is 0.337 e. The fourth-order valence-corrected chi connectivity index (χ4v) is 2.86. The first-order valence-corrected chi connectivity index (χ1v) is 8.43. The van der Waals surface area contributed by atoms with Gasteiger partial charge in [-0.15, -0.1) is 0 Å². The number of anilines is 1. The summed E-state index contributed by atoms with van der Waals surface area (Å²) in [7, 11) is 0. The summed E-state index contributed by atoms with van der Waals surface area (Å²) in [5.74, 6) is -1.58. The van der Waals surface area contributed by atoms with Gasteiger partial charge in [0, 0.05) is 6.08 Å². The number of allylic oxidation sites excluding steroid dienone is 1. The van der Waals surface area contributed by atoms with Crippen molar-refractivity contribution in [1.82, 2.24) is 0 Å². The molecular formula is C22H19NO4. The van der Waals surface area contributed by atoms with Gasteiger partial charge in [0.25, 0.3) is 0 Å². The van der Waals surface area contributed by atoms with Crippen LogP contribution in [0.3, 0.4) is 0 Å². The van der Waals surface area contributed by atoms with E-state index in [1.54, 1.807) is 0 Å². The molecule has 0 aliphatic heterocycles. The zero-order valence-electron chi connectivity index (χ0n) is 14.8. The summed E-state index contributed by atoms with van der Waals surface area (Å²) in [5.41, 5.74) is 2.31. The van der Waals surface area contributed by atoms with Gasteiger partial charge in [-0.05, 0) is 52.6 Å². The highest BCUT2D eigenvalue weighted by Gasteiger charge is 2.13. The van der Waals surface area contributed by atoms with Crippen LogP contribution in [0.15, 0.2) is 66.7 Å². The summed E-state index contributed by atoms with van der Waals surface area (Å²) in [4.78, 5) is 23.7. The Kier molecular flexibility index (Phi) is 5.33. The zero-order valence-corrected chi connectivity index (χ0v) is 14.8. The van der Waals surface area contributed by atoms with E-state index in [0.717, 1.165) is 21.9 Å². The first kappa shape index (κ1) is 18.4. The van der Waals surface area contributed by atoms with E-state index in [9.17, 15) is 19.8 Å². The topological polar surface area (TPSA) is 86.6 Å². The first-order valence-electron chi connectivity index (χ1n) is 8.43. The van der Waals surface area contributed by atoms with Gasteiger partial charge in [-0.3, -0.25) is 4.79 Å². The molecule has 0 spiro atoms. The van der Waals surface area contributed by atoms with Gasteiger partial charge in [0.15, 0.2) is 0 Å². The van der Waals surface area contributed by atoms with Crippen LogP contribution >= 0.6 is 0 Å². The number of aliphatic hydroxyl groups excluding tert-OH is 1. The van der Waals surface area contributed by atoms with Crippen LogP contribution in [0.25, 0.3) is 16.3 Å². The number of nitrogens with one attached hydrogen (secondary N) is 1. The molecule has 0 bridgehead atoms. The molecular weight excluding hydrogens is 342 g/mol. The third-order valence-electron chi connectivity index (χ3n) is 4.31. The number of carboxylic acids is 1. The van der Waals surface area contributed by atoms with E-state index in [1.165, 1.54) is 24.3 Å². The Morgan fingerprint density at radius 3 is 2.44 bits per heavy atom. The fraction of sp³-hybridized carbons (Fsp3) is 0.0909. The van der Waals surface area contributed by atoms with Crippen molar-refractivity contribution in [3.05, 3.63) is 83.4 Å². The Morgan fingerprint density at radius 1 is 1.00 bits per heavy atom. The minimum Gasteiger partial charge on any atom is -0.478 e. The molecule has 3 N–H and O–H groups in total.